The summed E-state index contributed by atoms with van der Waals surface area (Å²) in [5.41, 5.74) is 0.310. The van der Waals surface area contributed by atoms with Crippen molar-refractivity contribution in [3.05, 3.63) is 29.6 Å². The third-order valence-electron chi connectivity index (χ3n) is 5.03. The summed E-state index contributed by atoms with van der Waals surface area (Å²) in [5.74, 6) is 0.479. The lowest BCUT2D eigenvalue weighted by Crippen LogP contribution is -2.51. The number of halogens is 1. The van der Waals surface area contributed by atoms with Gasteiger partial charge < -0.3 is 14.7 Å². The fourth-order valence-electron chi connectivity index (χ4n) is 3.39. The van der Waals surface area contributed by atoms with Crippen molar-refractivity contribution < 1.29 is 14.2 Å². The molecule has 0 heterocycles. The fraction of sp³-hybridized carbons (Fsp3) is 0.647. The van der Waals surface area contributed by atoms with Gasteiger partial charge in [0.2, 0.25) is 0 Å². The van der Waals surface area contributed by atoms with Crippen LogP contribution in [0.15, 0.2) is 18.2 Å². The molecule has 1 saturated carbocycles. The van der Waals surface area contributed by atoms with Gasteiger partial charge in [0, 0.05) is 0 Å². The average Bonchev–Trinajstić information content (AvgIpc) is 2.47. The van der Waals surface area contributed by atoms with Crippen LogP contribution < -0.4 is 4.74 Å². The summed E-state index contributed by atoms with van der Waals surface area (Å²) >= 11 is 0. The van der Waals surface area contributed by atoms with Crippen LogP contribution in [0.25, 0.3) is 0 Å². The summed E-state index contributed by atoms with van der Waals surface area (Å²) < 4.78 is 18.9. The Morgan fingerprint density at radius 2 is 1.95 bits per heavy atom. The molecule has 0 aromatic heterocycles. The molecule has 0 bridgehead atoms. The molecule has 1 aromatic carbocycles. The molecule has 0 aliphatic heterocycles. The van der Waals surface area contributed by atoms with Gasteiger partial charge in [-0.1, -0.05) is 13.0 Å². The Morgan fingerprint density at radius 1 is 1.33 bits per heavy atom. The Morgan fingerprint density at radius 3 is 2.43 bits per heavy atom. The van der Waals surface area contributed by atoms with Gasteiger partial charge >= 0.3 is 0 Å². The standard InChI is InChI=1S/C17H26FNO2/c1-12-7-9-17(10-8-12,19(2)3)16(20)13-5-6-15(21-4)14(18)11-13/h5-6,11-12,16,20H,7-10H2,1-4H3. The van der Waals surface area contributed by atoms with E-state index in [1.165, 1.54) is 13.2 Å². The molecule has 1 aromatic rings. The van der Waals surface area contributed by atoms with Crippen LogP contribution in [0.1, 0.15) is 44.3 Å². The SMILES string of the molecule is COc1ccc(C(O)C2(N(C)C)CCC(C)CC2)cc1F. The van der Waals surface area contributed by atoms with Gasteiger partial charge in [0.15, 0.2) is 11.6 Å². The largest absolute Gasteiger partial charge is 0.494 e. The first-order valence-corrected chi connectivity index (χ1v) is 7.59. The van der Waals surface area contributed by atoms with Gasteiger partial charge in [-0.3, -0.25) is 0 Å². The van der Waals surface area contributed by atoms with Gasteiger partial charge in [-0.15, -0.1) is 0 Å². The highest BCUT2D eigenvalue weighted by Gasteiger charge is 2.43. The number of nitrogens with zero attached hydrogens (tertiary/aromatic N) is 1. The lowest BCUT2D eigenvalue weighted by atomic mass is 9.71. The van der Waals surface area contributed by atoms with E-state index in [1.807, 2.05) is 14.1 Å². The highest BCUT2D eigenvalue weighted by molar-refractivity contribution is 5.32. The van der Waals surface area contributed by atoms with Crippen molar-refractivity contribution in [1.82, 2.24) is 4.90 Å². The zero-order chi connectivity index (χ0) is 15.6. The van der Waals surface area contributed by atoms with E-state index in [0.717, 1.165) is 25.7 Å². The van der Waals surface area contributed by atoms with E-state index in [4.69, 9.17) is 4.74 Å². The molecule has 1 unspecified atom stereocenters. The Hall–Kier alpha value is -1.13. The number of aliphatic hydroxyl groups is 1. The van der Waals surface area contributed by atoms with Gasteiger partial charge in [-0.25, -0.2) is 4.39 Å². The Labute approximate surface area is 126 Å². The highest BCUT2D eigenvalue weighted by atomic mass is 19.1. The molecule has 1 atom stereocenters. The third-order valence-corrected chi connectivity index (χ3v) is 5.03. The van der Waals surface area contributed by atoms with Crippen molar-refractivity contribution in [1.29, 1.82) is 0 Å². The molecule has 1 aliphatic carbocycles. The second kappa shape index (κ2) is 6.32. The molecule has 0 saturated heterocycles. The number of likely N-dealkylation sites (N-methyl/N-ethyl adjacent to an activating group) is 1. The van der Waals surface area contributed by atoms with Crippen LogP contribution in [0.4, 0.5) is 4.39 Å². The van der Waals surface area contributed by atoms with Crippen LogP contribution >= 0.6 is 0 Å². The Kier molecular flexibility index (Phi) is 4.89. The van der Waals surface area contributed by atoms with Crippen molar-refractivity contribution in [2.45, 2.75) is 44.2 Å². The minimum atomic E-state index is -0.694. The number of rotatable bonds is 4. The summed E-state index contributed by atoms with van der Waals surface area (Å²) in [6.07, 6.45) is 3.34. The molecular formula is C17H26FNO2. The van der Waals surface area contributed by atoms with Crippen molar-refractivity contribution >= 4 is 0 Å². The molecular weight excluding hydrogens is 269 g/mol. The van der Waals surface area contributed by atoms with Crippen LogP contribution in [0, 0.1) is 11.7 Å². The lowest BCUT2D eigenvalue weighted by molar-refractivity contribution is -0.0409. The second-order valence-electron chi connectivity index (χ2n) is 6.48. The monoisotopic (exact) mass is 295 g/mol. The predicted molar refractivity (Wildman–Crippen MR) is 82.0 cm³/mol. The van der Waals surface area contributed by atoms with Crippen LogP contribution in [0.3, 0.4) is 0 Å². The summed E-state index contributed by atoms with van der Waals surface area (Å²) in [4.78, 5) is 2.10. The number of methoxy groups -OCH3 is 1. The summed E-state index contributed by atoms with van der Waals surface area (Å²) in [6, 6.07) is 4.74. The van der Waals surface area contributed by atoms with Crippen molar-refractivity contribution in [2.75, 3.05) is 21.2 Å². The van der Waals surface area contributed by atoms with Gasteiger partial charge in [-0.2, -0.15) is 0 Å². The van der Waals surface area contributed by atoms with Crippen molar-refractivity contribution in [3.63, 3.8) is 0 Å². The first-order chi connectivity index (χ1) is 9.90. The van der Waals surface area contributed by atoms with Crippen molar-refractivity contribution in [3.8, 4) is 5.75 Å². The lowest BCUT2D eigenvalue weighted by Gasteiger charge is -2.47. The molecule has 1 N–H and O–H groups in total. The number of hydrogen-bond acceptors (Lipinski definition) is 3. The molecule has 3 nitrogen and oxygen atoms in total. The number of hydrogen-bond donors (Lipinski definition) is 1. The maximum atomic E-state index is 13.9. The van der Waals surface area contributed by atoms with Gasteiger partial charge in [0.05, 0.1) is 18.8 Å². The number of ether oxygens (including phenoxy) is 1. The molecule has 21 heavy (non-hydrogen) atoms. The van der Waals surface area contributed by atoms with Gasteiger partial charge in [0.25, 0.3) is 0 Å². The quantitative estimate of drug-likeness (QED) is 0.924. The maximum absolute atomic E-state index is 13.9. The Bertz CT molecular complexity index is 482. The van der Waals surface area contributed by atoms with E-state index in [-0.39, 0.29) is 11.3 Å². The van der Waals surface area contributed by atoms with E-state index in [9.17, 15) is 9.50 Å². The molecule has 118 valence electrons. The maximum Gasteiger partial charge on any atom is 0.165 e. The molecule has 0 radical (unpaired) electrons. The van der Waals surface area contributed by atoms with Crippen LogP contribution in [-0.4, -0.2) is 36.8 Å². The summed E-state index contributed by atoms with van der Waals surface area (Å²) in [5, 5.41) is 10.9. The van der Waals surface area contributed by atoms with E-state index in [1.54, 1.807) is 12.1 Å². The van der Waals surface area contributed by atoms with E-state index >= 15 is 0 Å². The van der Waals surface area contributed by atoms with Crippen molar-refractivity contribution in [2.24, 2.45) is 5.92 Å². The van der Waals surface area contributed by atoms with E-state index in [0.29, 0.717) is 11.5 Å². The van der Waals surface area contributed by atoms with Crippen LogP contribution in [0.2, 0.25) is 0 Å². The molecule has 1 aliphatic rings. The third kappa shape index (κ3) is 3.06. The molecule has 0 spiro atoms. The highest BCUT2D eigenvalue weighted by Crippen LogP contribution is 2.44. The summed E-state index contributed by atoms with van der Waals surface area (Å²) in [6.45, 7) is 2.25. The minimum absolute atomic E-state index is 0.210. The summed E-state index contributed by atoms with van der Waals surface area (Å²) in [7, 11) is 5.44. The van der Waals surface area contributed by atoms with Gasteiger partial charge in [-0.05, 0) is 63.4 Å². The smallest absolute Gasteiger partial charge is 0.165 e. The number of benzene rings is 1. The normalized spacial score (nSPS) is 27.7. The molecule has 1 fully saturated rings. The topological polar surface area (TPSA) is 32.7 Å². The first-order valence-electron chi connectivity index (χ1n) is 7.59. The molecule has 2 rings (SSSR count). The first kappa shape index (κ1) is 16.2. The average molecular weight is 295 g/mol. The second-order valence-corrected chi connectivity index (χ2v) is 6.48. The van der Waals surface area contributed by atoms with Gasteiger partial charge in [0.1, 0.15) is 0 Å². The minimum Gasteiger partial charge on any atom is -0.494 e. The molecule has 4 heteroatoms. The zero-order valence-corrected chi connectivity index (χ0v) is 13.4. The number of aliphatic hydroxyl groups excluding tert-OH is 1. The fourth-order valence-corrected chi connectivity index (χ4v) is 3.39. The molecule has 0 amide bonds. The zero-order valence-electron chi connectivity index (χ0n) is 13.4. The van der Waals surface area contributed by atoms with Crippen LogP contribution in [-0.2, 0) is 0 Å². The van der Waals surface area contributed by atoms with E-state index in [2.05, 4.69) is 11.8 Å². The van der Waals surface area contributed by atoms with E-state index < -0.39 is 11.9 Å². The predicted octanol–water partition coefficient (Wildman–Crippen LogP) is 3.38. The van der Waals surface area contributed by atoms with Crippen LogP contribution in [0.5, 0.6) is 5.75 Å². The Balaban J connectivity index is 2.30.